The molecule has 0 saturated carbocycles. The molecule has 4 heteroatoms. The third-order valence-electron chi connectivity index (χ3n) is 2.87. The lowest BCUT2D eigenvalue weighted by molar-refractivity contribution is 0.0162. The number of ether oxygens (including phenoxy) is 1. The van der Waals surface area contributed by atoms with Crippen molar-refractivity contribution < 1.29 is 14.6 Å². The van der Waals surface area contributed by atoms with Gasteiger partial charge in [0.15, 0.2) is 0 Å². The standard InChI is InChI=1S/C16H25NO3/c1-11-9-7-8-10-12(11)13(16(5,6)19)17-14(18)20-15(2,3)4/h7-10,13,19H,1-6H3,(H,17,18)/t13-/m0/s1. The van der Waals surface area contributed by atoms with Gasteiger partial charge < -0.3 is 15.2 Å². The molecular weight excluding hydrogens is 254 g/mol. The minimum atomic E-state index is -1.09. The van der Waals surface area contributed by atoms with Crippen LogP contribution >= 0.6 is 0 Å². The number of nitrogens with one attached hydrogen (secondary N) is 1. The van der Waals surface area contributed by atoms with E-state index in [0.717, 1.165) is 11.1 Å². The van der Waals surface area contributed by atoms with Crippen LogP contribution in [0.1, 0.15) is 51.8 Å². The zero-order valence-corrected chi connectivity index (χ0v) is 13.2. The lowest BCUT2D eigenvalue weighted by atomic mass is 9.89. The van der Waals surface area contributed by atoms with Crippen LogP contribution < -0.4 is 5.32 Å². The van der Waals surface area contributed by atoms with Crippen molar-refractivity contribution in [3.63, 3.8) is 0 Å². The number of hydrogen-bond acceptors (Lipinski definition) is 3. The van der Waals surface area contributed by atoms with Gasteiger partial charge in [-0.05, 0) is 52.7 Å². The summed E-state index contributed by atoms with van der Waals surface area (Å²) in [7, 11) is 0. The van der Waals surface area contributed by atoms with Crippen LogP contribution in [-0.4, -0.2) is 22.4 Å². The fourth-order valence-electron chi connectivity index (χ4n) is 1.97. The van der Waals surface area contributed by atoms with Gasteiger partial charge in [-0.3, -0.25) is 0 Å². The summed E-state index contributed by atoms with van der Waals surface area (Å²) >= 11 is 0. The van der Waals surface area contributed by atoms with Crippen LogP contribution in [0, 0.1) is 6.92 Å². The zero-order valence-electron chi connectivity index (χ0n) is 13.2. The van der Waals surface area contributed by atoms with Crippen LogP contribution in [-0.2, 0) is 4.74 Å². The Labute approximate surface area is 121 Å². The van der Waals surface area contributed by atoms with Crippen LogP contribution in [0.15, 0.2) is 24.3 Å². The molecule has 0 radical (unpaired) electrons. The fraction of sp³-hybridized carbons (Fsp3) is 0.562. The molecule has 0 fully saturated rings. The van der Waals surface area contributed by atoms with Gasteiger partial charge in [-0.2, -0.15) is 0 Å². The molecule has 1 rings (SSSR count). The average Bonchev–Trinajstić information content (AvgIpc) is 2.23. The highest BCUT2D eigenvalue weighted by Gasteiger charge is 2.32. The van der Waals surface area contributed by atoms with Crippen molar-refractivity contribution >= 4 is 6.09 Å². The number of carbonyl (C=O) groups is 1. The topological polar surface area (TPSA) is 58.6 Å². The first kappa shape index (κ1) is 16.5. The average molecular weight is 279 g/mol. The van der Waals surface area contributed by atoms with Crippen LogP contribution in [0.2, 0.25) is 0 Å². The SMILES string of the molecule is Cc1ccccc1[C@H](NC(=O)OC(C)(C)C)C(C)(C)O. The summed E-state index contributed by atoms with van der Waals surface area (Å²) in [6.07, 6.45) is -0.534. The molecule has 20 heavy (non-hydrogen) atoms. The van der Waals surface area contributed by atoms with E-state index in [1.807, 2.05) is 31.2 Å². The number of hydrogen-bond donors (Lipinski definition) is 2. The Morgan fingerprint density at radius 1 is 1.20 bits per heavy atom. The molecule has 0 saturated heterocycles. The number of rotatable bonds is 3. The van der Waals surface area contributed by atoms with Gasteiger partial charge in [0.05, 0.1) is 11.6 Å². The van der Waals surface area contributed by atoms with E-state index >= 15 is 0 Å². The molecule has 2 N–H and O–H groups in total. The smallest absolute Gasteiger partial charge is 0.408 e. The van der Waals surface area contributed by atoms with Crippen molar-refractivity contribution in [1.82, 2.24) is 5.32 Å². The summed E-state index contributed by atoms with van der Waals surface area (Å²) in [4.78, 5) is 12.0. The highest BCUT2D eigenvalue weighted by molar-refractivity contribution is 5.68. The van der Waals surface area contributed by atoms with E-state index in [1.54, 1.807) is 34.6 Å². The number of benzene rings is 1. The molecular formula is C16H25NO3. The second kappa shape index (κ2) is 5.83. The van der Waals surface area contributed by atoms with Gasteiger partial charge in [-0.15, -0.1) is 0 Å². The molecule has 0 aliphatic heterocycles. The fourth-order valence-corrected chi connectivity index (χ4v) is 1.97. The van der Waals surface area contributed by atoms with Crippen molar-refractivity contribution in [1.29, 1.82) is 0 Å². The van der Waals surface area contributed by atoms with Crippen molar-refractivity contribution in [2.75, 3.05) is 0 Å². The lowest BCUT2D eigenvalue weighted by Gasteiger charge is -2.32. The second-order valence-corrected chi connectivity index (χ2v) is 6.59. The van der Waals surface area contributed by atoms with Crippen LogP contribution in [0.25, 0.3) is 0 Å². The summed E-state index contributed by atoms with van der Waals surface area (Å²) in [5, 5.41) is 13.1. The van der Waals surface area contributed by atoms with E-state index in [0.29, 0.717) is 0 Å². The Morgan fingerprint density at radius 2 is 1.75 bits per heavy atom. The molecule has 1 aromatic carbocycles. The zero-order chi connectivity index (χ0) is 15.6. The number of alkyl carbamates (subject to hydrolysis) is 1. The third kappa shape index (κ3) is 4.85. The van der Waals surface area contributed by atoms with E-state index in [-0.39, 0.29) is 0 Å². The van der Waals surface area contributed by atoms with Gasteiger partial charge in [0.25, 0.3) is 0 Å². The predicted molar refractivity (Wildman–Crippen MR) is 79.6 cm³/mol. The number of aryl methyl sites for hydroxylation is 1. The quantitative estimate of drug-likeness (QED) is 0.892. The van der Waals surface area contributed by atoms with Gasteiger partial charge >= 0.3 is 6.09 Å². The second-order valence-electron chi connectivity index (χ2n) is 6.59. The minimum absolute atomic E-state index is 0.529. The van der Waals surface area contributed by atoms with Gasteiger partial charge in [-0.25, -0.2) is 4.79 Å². The predicted octanol–water partition coefficient (Wildman–Crippen LogP) is 3.33. The molecule has 0 unspecified atom stereocenters. The Hall–Kier alpha value is -1.55. The minimum Gasteiger partial charge on any atom is -0.444 e. The summed E-state index contributed by atoms with van der Waals surface area (Å²) in [6, 6.07) is 7.13. The highest BCUT2D eigenvalue weighted by Crippen LogP contribution is 2.28. The van der Waals surface area contributed by atoms with Crippen LogP contribution in [0.4, 0.5) is 4.79 Å². The molecule has 0 heterocycles. The highest BCUT2D eigenvalue weighted by atomic mass is 16.6. The molecule has 1 amide bonds. The summed E-state index contributed by atoms with van der Waals surface area (Å²) in [5.41, 5.74) is 0.227. The maximum Gasteiger partial charge on any atom is 0.408 e. The van der Waals surface area contributed by atoms with E-state index in [2.05, 4.69) is 5.32 Å². The van der Waals surface area contributed by atoms with E-state index in [9.17, 15) is 9.90 Å². The first-order valence-corrected chi connectivity index (χ1v) is 6.78. The number of amides is 1. The molecule has 0 bridgehead atoms. The van der Waals surface area contributed by atoms with Crippen molar-refractivity contribution in [3.8, 4) is 0 Å². The first-order chi connectivity index (χ1) is 9.00. The van der Waals surface area contributed by atoms with Gasteiger partial charge in [0.1, 0.15) is 5.60 Å². The van der Waals surface area contributed by atoms with Gasteiger partial charge in [0, 0.05) is 0 Å². The maximum absolute atomic E-state index is 12.0. The largest absolute Gasteiger partial charge is 0.444 e. The molecule has 1 aromatic rings. The van der Waals surface area contributed by atoms with E-state index < -0.39 is 23.3 Å². The molecule has 0 aliphatic rings. The van der Waals surface area contributed by atoms with E-state index in [1.165, 1.54) is 0 Å². The normalized spacial score (nSPS) is 13.8. The molecule has 112 valence electrons. The maximum atomic E-state index is 12.0. The summed E-state index contributed by atoms with van der Waals surface area (Å²) in [5.74, 6) is 0. The number of aliphatic hydroxyl groups is 1. The van der Waals surface area contributed by atoms with E-state index in [4.69, 9.17) is 4.74 Å². The first-order valence-electron chi connectivity index (χ1n) is 6.78. The molecule has 0 aromatic heterocycles. The molecule has 0 spiro atoms. The molecule has 1 atom stereocenters. The number of carbonyl (C=O) groups excluding carboxylic acids is 1. The summed E-state index contributed by atoms with van der Waals surface area (Å²) in [6.45, 7) is 10.7. The summed E-state index contributed by atoms with van der Waals surface area (Å²) < 4.78 is 5.26. The Morgan fingerprint density at radius 3 is 2.20 bits per heavy atom. The lowest BCUT2D eigenvalue weighted by Crippen LogP contribution is -2.44. The molecule has 4 nitrogen and oxygen atoms in total. The van der Waals surface area contributed by atoms with Crippen molar-refractivity contribution in [2.45, 2.75) is 58.8 Å². The van der Waals surface area contributed by atoms with Crippen molar-refractivity contribution in [3.05, 3.63) is 35.4 Å². The third-order valence-corrected chi connectivity index (χ3v) is 2.87. The van der Waals surface area contributed by atoms with Crippen molar-refractivity contribution in [2.24, 2.45) is 0 Å². The van der Waals surface area contributed by atoms with Gasteiger partial charge in [-0.1, -0.05) is 24.3 Å². The monoisotopic (exact) mass is 279 g/mol. The van der Waals surface area contributed by atoms with Gasteiger partial charge in [0.2, 0.25) is 0 Å². The molecule has 0 aliphatic carbocycles. The van der Waals surface area contributed by atoms with Crippen LogP contribution in [0.5, 0.6) is 0 Å². The van der Waals surface area contributed by atoms with Crippen LogP contribution in [0.3, 0.4) is 0 Å². The Bertz CT molecular complexity index is 469. The Balaban J connectivity index is 2.99. The Kier molecular flexibility index (Phi) is 4.81.